The molecule has 1 aromatic rings. The molecule has 2 heterocycles. The number of nitrogens with zero attached hydrogens (tertiary/aromatic N) is 1. The minimum Gasteiger partial charge on any atom is -0.390 e. The zero-order valence-corrected chi connectivity index (χ0v) is 10.8. The molecule has 1 spiro atoms. The summed E-state index contributed by atoms with van der Waals surface area (Å²) in [6, 6.07) is 5.89. The van der Waals surface area contributed by atoms with Gasteiger partial charge in [-0.1, -0.05) is 19.9 Å². The fourth-order valence-electron chi connectivity index (χ4n) is 4.19. The highest BCUT2D eigenvalue weighted by Crippen LogP contribution is 2.70. The van der Waals surface area contributed by atoms with Gasteiger partial charge in [0.1, 0.15) is 11.7 Å². The number of hydrogen-bond donors (Lipinski definition) is 1. The van der Waals surface area contributed by atoms with Crippen LogP contribution in [0.5, 0.6) is 0 Å². The van der Waals surface area contributed by atoms with Crippen LogP contribution in [0.3, 0.4) is 0 Å². The van der Waals surface area contributed by atoms with Crippen molar-refractivity contribution in [1.82, 2.24) is 4.98 Å². The van der Waals surface area contributed by atoms with Crippen LogP contribution in [0.25, 0.3) is 0 Å². The number of epoxide rings is 1. The highest BCUT2D eigenvalue weighted by molar-refractivity contribution is 5.27. The van der Waals surface area contributed by atoms with Crippen LogP contribution in [-0.2, 0) is 4.74 Å². The van der Waals surface area contributed by atoms with Gasteiger partial charge in [0.05, 0.1) is 11.8 Å². The number of ether oxygens (including phenoxy) is 1. The topological polar surface area (TPSA) is 45.6 Å². The van der Waals surface area contributed by atoms with Crippen LogP contribution < -0.4 is 0 Å². The van der Waals surface area contributed by atoms with E-state index in [1.807, 2.05) is 18.2 Å². The molecule has 18 heavy (non-hydrogen) atoms. The van der Waals surface area contributed by atoms with Crippen LogP contribution in [0.15, 0.2) is 24.4 Å². The van der Waals surface area contributed by atoms with Crippen LogP contribution in [0.4, 0.5) is 0 Å². The Hall–Kier alpha value is -0.930. The van der Waals surface area contributed by atoms with Crippen LogP contribution >= 0.6 is 0 Å². The van der Waals surface area contributed by atoms with Crippen LogP contribution in [-0.4, -0.2) is 21.8 Å². The monoisotopic (exact) mass is 245 g/mol. The van der Waals surface area contributed by atoms with Crippen LogP contribution in [0.2, 0.25) is 0 Å². The van der Waals surface area contributed by atoms with E-state index in [-0.39, 0.29) is 23.2 Å². The van der Waals surface area contributed by atoms with Gasteiger partial charge in [-0.05, 0) is 42.2 Å². The Balaban J connectivity index is 1.62. The molecule has 1 N–H and O–H groups in total. The van der Waals surface area contributed by atoms with E-state index in [2.05, 4.69) is 18.8 Å². The first-order valence-electron chi connectivity index (χ1n) is 6.82. The molecule has 2 unspecified atom stereocenters. The third-order valence-corrected chi connectivity index (χ3v) is 5.67. The molecule has 0 amide bonds. The first kappa shape index (κ1) is 10.9. The van der Waals surface area contributed by atoms with Gasteiger partial charge in [0, 0.05) is 6.20 Å². The summed E-state index contributed by atoms with van der Waals surface area (Å²) in [7, 11) is 0. The normalized spacial score (nSPS) is 47.7. The molecule has 0 radical (unpaired) electrons. The van der Waals surface area contributed by atoms with Gasteiger partial charge in [-0.25, -0.2) is 0 Å². The molecule has 4 aliphatic rings. The van der Waals surface area contributed by atoms with Gasteiger partial charge in [0.15, 0.2) is 0 Å². The number of aliphatic hydroxyl groups is 1. The third-order valence-electron chi connectivity index (χ3n) is 5.67. The van der Waals surface area contributed by atoms with Gasteiger partial charge >= 0.3 is 0 Å². The minimum absolute atomic E-state index is 0.00935. The summed E-state index contributed by atoms with van der Waals surface area (Å²) < 4.78 is 5.93. The van der Waals surface area contributed by atoms with Crippen molar-refractivity contribution in [3.63, 3.8) is 0 Å². The van der Waals surface area contributed by atoms with Crippen molar-refractivity contribution in [2.45, 2.75) is 44.5 Å². The smallest absolute Gasteiger partial charge is 0.132 e. The van der Waals surface area contributed by atoms with Crippen molar-refractivity contribution in [3.8, 4) is 0 Å². The van der Waals surface area contributed by atoms with E-state index in [9.17, 15) is 5.11 Å². The SMILES string of the molecule is CC1(C)[C@@H]2C[C@H]1[C@H](O)C1(C2)OC1c1ccccn1. The summed E-state index contributed by atoms with van der Waals surface area (Å²) in [4.78, 5) is 4.36. The Morgan fingerprint density at radius 1 is 1.39 bits per heavy atom. The number of rotatable bonds is 1. The van der Waals surface area contributed by atoms with Gasteiger partial charge in [0.25, 0.3) is 0 Å². The average molecular weight is 245 g/mol. The molecule has 3 heteroatoms. The first-order chi connectivity index (χ1) is 8.56. The molecule has 1 aromatic heterocycles. The van der Waals surface area contributed by atoms with Crippen molar-refractivity contribution in [2.24, 2.45) is 17.3 Å². The molecule has 2 bridgehead atoms. The van der Waals surface area contributed by atoms with Gasteiger partial charge in [-0.3, -0.25) is 4.98 Å². The zero-order valence-electron chi connectivity index (χ0n) is 10.8. The molecule has 1 saturated heterocycles. The Labute approximate surface area is 107 Å². The van der Waals surface area contributed by atoms with E-state index in [0.29, 0.717) is 11.8 Å². The van der Waals surface area contributed by atoms with Crippen molar-refractivity contribution in [3.05, 3.63) is 30.1 Å². The lowest BCUT2D eigenvalue weighted by molar-refractivity contribution is -0.176. The summed E-state index contributed by atoms with van der Waals surface area (Å²) >= 11 is 0. The summed E-state index contributed by atoms with van der Waals surface area (Å²) in [6.07, 6.45) is 3.62. The van der Waals surface area contributed by atoms with Gasteiger partial charge in [0.2, 0.25) is 0 Å². The lowest BCUT2D eigenvalue weighted by Crippen LogP contribution is -2.61. The van der Waals surface area contributed by atoms with E-state index in [1.165, 1.54) is 0 Å². The molecule has 0 aromatic carbocycles. The Morgan fingerprint density at radius 3 is 2.83 bits per heavy atom. The van der Waals surface area contributed by atoms with Crippen LogP contribution in [0.1, 0.15) is 38.5 Å². The minimum atomic E-state index is -0.329. The molecule has 5 rings (SSSR count). The maximum absolute atomic E-state index is 10.6. The van der Waals surface area contributed by atoms with E-state index in [4.69, 9.17) is 4.74 Å². The predicted octanol–water partition coefficient (Wildman–Crippen LogP) is 2.32. The van der Waals surface area contributed by atoms with Gasteiger partial charge in [-0.2, -0.15) is 0 Å². The predicted molar refractivity (Wildman–Crippen MR) is 66.8 cm³/mol. The maximum atomic E-state index is 10.6. The molecular formula is C15H19NO2. The Bertz CT molecular complexity index is 487. The lowest BCUT2D eigenvalue weighted by Gasteiger charge is -2.60. The third kappa shape index (κ3) is 1.14. The molecule has 3 saturated carbocycles. The average Bonchev–Trinajstić information content (AvgIpc) is 3.08. The highest BCUT2D eigenvalue weighted by atomic mass is 16.6. The number of hydrogen-bond acceptors (Lipinski definition) is 3. The first-order valence-corrected chi connectivity index (χ1v) is 6.82. The van der Waals surface area contributed by atoms with Gasteiger partial charge in [-0.15, -0.1) is 0 Å². The molecule has 5 atom stereocenters. The quantitative estimate of drug-likeness (QED) is 0.772. The van der Waals surface area contributed by atoms with E-state index in [1.54, 1.807) is 6.20 Å². The number of pyridine rings is 1. The zero-order chi connectivity index (χ0) is 12.5. The second kappa shape index (κ2) is 3.14. The van der Waals surface area contributed by atoms with Gasteiger partial charge < -0.3 is 9.84 Å². The summed E-state index contributed by atoms with van der Waals surface area (Å²) in [5.74, 6) is 1.09. The van der Waals surface area contributed by atoms with Crippen molar-refractivity contribution < 1.29 is 9.84 Å². The number of aromatic nitrogens is 1. The molecule has 4 fully saturated rings. The Kier molecular flexibility index (Phi) is 1.91. The number of aliphatic hydroxyl groups excluding tert-OH is 1. The molecule has 96 valence electrons. The van der Waals surface area contributed by atoms with Crippen LogP contribution in [0, 0.1) is 17.3 Å². The van der Waals surface area contributed by atoms with E-state index in [0.717, 1.165) is 18.5 Å². The second-order valence-electron chi connectivity index (χ2n) is 6.72. The Morgan fingerprint density at radius 2 is 2.22 bits per heavy atom. The van der Waals surface area contributed by atoms with Crippen molar-refractivity contribution >= 4 is 0 Å². The van der Waals surface area contributed by atoms with E-state index < -0.39 is 0 Å². The summed E-state index contributed by atoms with van der Waals surface area (Å²) in [5.41, 5.74) is 0.929. The standard InChI is InChI=1S/C15H19NO2/c1-14(2)9-7-10(14)12(17)15(8-9)13(18-15)11-5-3-4-6-16-11/h3-6,9-10,12-13,17H,7-8H2,1-2H3/t9-,10+,12+,13?,15?/m1/s1. The highest BCUT2D eigenvalue weighted by Gasteiger charge is 2.73. The summed E-state index contributed by atoms with van der Waals surface area (Å²) in [5, 5.41) is 10.6. The maximum Gasteiger partial charge on any atom is 0.132 e. The lowest BCUT2D eigenvalue weighted by atomic mass is 9.45. The van der Waals surface area contributed by atoms with E-state index >= 15 is 0 Å². The molecular weight excluding hydrogens is 226 g/mol. The fraction of sp³-hybridized carbons (Fsp3) is 0.667. The second-order valence-corrected chi connectivity index (χ2v) is 6.72. The largest absolute Gasteiger partial charge is 0.390 e. The molecule has 3 nitrogen and oxygen atoms in total. The van der Waals surface area contributed by atoms with Crippen molar-refractivity contribution in [1.29, 1.82) is 0 Å². The summed E-state index contributed by atoms with van der Waals surface area (Å²) in [6.45, 7) is 4.56. The fourth-order valence-corrected chi connectivity index (χ4v) is 4.19. The molecule has 3 aliphatic carbocycles. The molecule has 1 aliphatic heterocycles. The van der Waals surface area contributed by atoms with Crippen molar-refractivity contribution in [2.75, 3.05) is 0 Å².